The largest absolute Gasteiger partial charge is 0.496 e. The topological polar surface area (TPSA) is 62.2 Å². The Labute approximate surface area is 196 Å². The van der Waals surface area contributed by atoms with Crippen LogP contribution in [0, 0.1) is 11.6 Å². The second-order valence-electron chi connectivity index (χ2n) is 7.90. The van der Waals surface area contributed by atoms with Crippen LogP contribution in [0.5, 0.6) is 5.75 Å². The molecule has 1 aliphatic rings. The number of carbonyl (C=O) groups excluding carboxylic acids is 2. The van der Waals surface area contributed by atoms with Crippen molar-refractivity contribution < 1.29 is 23.1 Å². The minimum Gasteiger partial charge on any atom is -0.496 e. The number of hydrogen-bond acceptors (Lipinski definition) is 4. The van der Waals surface area contributed by atoms with Gasteiger partial charge in [0.15, 0.2) is 0 Å². The number of amides is 2. The van der Waals surface area contributed by atoms with E-state index >= 15 is 0 Å². The van der Waals surface area contributed by atoms with Gasteiger partial charge in [-0.1, -0.05) is 42.5 Å². The molecule has 0 unspecified atom stereocenters. The smallest absolute Gasteiger partial charge is 0.262 e. The molecule has 6 nitrogen and oxygen atoms in total. The van der Waals surface area contributed by atoms with Crippen molar-refractivity contribution in [1.29, 1.82) is 0 Å². The summed E-state index contributed by atoms with van der Waals surface area (Å²) < 4.78 is 33.5. The summed E-state index contributed by atoms with van der Waals surface area (Å²) in [5.41, 5.74) is 1.57. The molecule has 34 heavy (non-hydrogen) atoms. The Morgan fingerprint density at radius 2 is 1.79 bits per heavy atom. The summed E-state index contributed by atoms with van der Waals surface area (Å²) in [6, 6.07) is 18.2. The summed E-state index contributed by atoms with van der Waals surface area (Å²) in [7, 11) is 2.99. The maximum atomic E-state index is 14.5. The van der Waals surface area contributed by atoms with Crippen LogP contribution in [0.3, 0.4) is 0 Å². The Kier molecular flexibility index (Phi) is 6.67. The maximum absolute atomic E-state index is 14.5. The lowest BCUT2D eigenvalue weighted by atomic mass is 9.97. The van der Waals surface area contributed by atoms with E-state index in [-0.39, 0.29) is 18.5 Å². The molecular weight excluding hydrogens is 440 g/mol. The average molecular weight is 463 g/mol. The van der Waals surface area contributed by atoms with Crippen LogP contribution in [-0.4, -0.2) is 48.1 Å². The summed E-state index contributed by atoms with van der Waals surface area (Å²) in [4.78, 5) is 27.2. The van der Waals surface area contributed by atoms with Crippen molar-refractivity contribution in [1.82, 2.24) is 9.91 Å². The number of methoxy groups -OCH3 is 1. The zero-order valence-corrected chi connectivity index (χ0v) is 18.7. The van der Waals surface area contributed by atoms with E-state index in [1.54, 1.807) is 24.3 Å². The first kappa shape index (κ1) is 23.1. The highest BCUT2D eigenvalue weighted by molar-refractivity contribution is 6.04. The Morgan fingerprint density at radius 1 is 1.06 bits per heavy atom. The van der Waals surface area contributed by atoms with Gasteiger partial charge in [0.25, 0.3) is 11.8 Å². The number of benzene rings is 3. The number of ether oxygens (including phenoxy) is 1. The standard InChI is InChI=1S/C26H23F2N3O3/c1-30(26(33)17-8-7-9-18(27)14-17)16-25(32)31-23(20-11-4-6-13-24(20)34-2)15-22(29-31)19-10-3-5-12-21(19)28/h3-14,23H,15-16H2,1-2H3/t23-/m1/s1. The lowest BCUT2D eigenvalue weighted by Gasteiger charge is -2.26. The minimum absolute atomic E-state index is 0.133. The fourth-order valence-electron chi connectivity index (χ4n) is 3.97. The normalized spacial score (nSPS) is 15.1. The number of nitrogens with zero attached hydrogens (tertiary/aromatic N) is 3. The highest BCUT2D eigenvalue weighted by atomic mass is 19.1. The van der Waals surface area contributed by atoms with Gasteiger partial charge in [0, 0.05) is 30.2 Å². The van der Waals surface area contributed by atoms with Crippen LogP contribution in [0.25, 0.3) is 0 Å². The third-order valence-corrected chi connectivity index (χ3v) is 5.64. The molecule has 1 aliphatic heterocycles. The van der Waals surface area contributed by atoms with Crippen LogP contribution in [-0.2, 0) is 4.79 Å². The van der Waals surface area contributed by atoms with E-state index in [1.165, 1.54) is 48.3 Å². The van der Waals surface area contributed by atoms with Crippen molar-refractivity contribution in [3.63, 3.8) is 0 Å². The summed E-state index contributed by atoms with van der Waals surface area (Å²) in [6.07, 6.45) is 0.272. The van der Waals surface area contributed by atoms with E-state index in [0.29, 0.717) is 22.6 Å². The zero-order chi connectivity index (χ0) is 24.2. The number of rotatable bonds is 6. The van der Waals surface area contributed by atoms with E-state index in [9.17, 15) is 18.4 Å². The molecule has 0 spiro atoms. The molecule has 0 fully saturated rings. The quantitative estimate of drug-likeness (QED) is 0.544. The molecule has 0 aliphatic carbocycles. The SMILES string of the molecule is COc1ccccc1[C@H]1CC(c2ccccc2F)=NN1C(=O)CN(C)C(=O)c1cccc(F)c1. The monoisotopic (exact) mass is 463 g/mol. The lowest BCUT2D eigenvalue weighted by Crippen LogP contribution is -2.39. The average Bonchev–Trinajstić information content (AvgIpc) is 3.29. The van der Waals surface area contributed by atoms with Gasteiger partial charge in [-0.2, -0.15) is 5.10 Å². The van der Waals surface area contributed by atoms with E-state index in [4.69, 9.17) is 4.74 Å². The minimum atomic E-state index is -0.545. The summed E-state index contributed by atoms with van der Waals surface area (Å²) >= 11 is 0. The Balaban J connectivity index is 1.64. The van der Waals surface area contributed by atoms with Gasteiger partial charge in [-0.05, 0) is 30.3 Å². The Hall–Kier alpha value is -4.07. The summed E-state index contributed by atoms with van der Waals surface area (Å²) in [5.74, 6) is -1.37. The number of likely N-dealkylation sites (N-methyl/N-ethyl adjacent to an activating group) is 1. The van der Waals surface area contributed by atoms with E-state index in [0.717, 1.165) is 6.07 Å². The van der Waals surface area contributed by atoms with Crippen molar-refractivity contribution >= 4 is 17.5 Å². The van der Waals surface area contributed by atoms with Crippen LogP contribution in [0.1, 0.15) is 33.9 Å². The van der Waals surface area contributed by atoms with Gasteiger partial charge in [-0.15, -0.1) is 0 Å². The van der Waals surface area contributed by atoms with Gasteiger partial charge in [0.1, 0.15) is 23.9 Å². The molecule has 0 saturated heterocycles. The number of halogens is 2. The Bertz CT molecular complexity index is 1260. The summed E-state index contributed by atoms with van der Waals surface area (Å²) in [6.45, 7) is -0.297. The van der Waals surface area contributed by atoms with Gasteiger partial charge < -0.3 is 9.64 Å². The molecule has 0 bridgehead atoms. The molecule has 4 rings (SSSR count). The molecule has 174 valence electrons. The van der Waals surface area contributed by atoms with Gasteiger partial charge in [0.2, 0.25) is 0 Å². The third kappa shape index (κ3) is 4.66. The van der Waals surface area contributed by atoms with E-state index < -0.39 is 29.5 Å². The second-order valence-corrected chi connectivity index (χ2v) is 7.90. The highest BCUT2D eigenvalue weighted by Gasteiger charge is 2.36. The molecule has 3 aromatic rings. The van der Waals surface area contributed by atoms with E-state index in [2.05, 4.69) is 5.10 Å². The van der Waals surface area contributed by atoms with Crippen LogP contribution < -0.4 is 4.74 Å². The van der Waals surface area contributed by atoms with E-state index in [1.807, 2.05) is 18.2 Å². The maximum Gasteiger partial charge on any atom is 0.262 e. The van der Waals surface area contributed by atoms with Crippen molar-refractivity contribution in [2.75, 3.05) is 20.7 Å². The van der Waals surface area contributed by atoms with Gasteiger partial charge in [-0.3, -0.25) is 9.59 Å². The van der Waals surface area contributed by atoms with Crippen LogP contribution in [0.15, 0.2) is 77.9 Å². The lowest BCUT2D eigenvalue weighted by molar-refractivity contribution is -0.133. The highest BCUT2D eigenvalue weighted by Crippen LogP contribution is 2.37. The molecular formula is C26H23F2N3O3. The molecule has 0 aromatic heterocycles. The van der Waals surface area contributed by atoms with Gasteiger partial charge >= 0.3 is 0 Å². The fraction of sp³-hybridized carbons (Fsp3) is 0.192. The molecule has 8 heteroatoms. The second kappa shape index (κ2) is 9.82. The van der Waals surface area contributed by atoms with Crippen molar-refractivity contribution in [3.05, 3.63) is 101 Å². The van der Waals surface area contributed by atoms with Gasteiger partial charge in [0.05, 0.1) is 18.9 Å². The number of para-hydroxylation sites is 1. The fourth-order valence-corrected chi connectivity index (χ4v) is 3.97. The number of hydrogen-bond donors (Lipinski definition) is 0. The predicted molar refractivity (Wildman–Crippen MR) is 123 cm³/mol. The predicted octanol–water partition coefficient (Wildman–Crippen LogP) is 4.42. The third-order valence-electron chi connectivity index (χ3n) is 5.64. The molecule has 1 atom stereocenters. The van der Waals surface area contributed by atoms with Crippen molar-refractivity contribution in [2.45, 2.75) is 12.5 Å². The zero-order valence-electron chi connectivity index (χ0n) is 18.7. The molecule has 3 aromatic carbocycles. The van der Waals surface area contributed by atoms with Gasteiger partial charge in [-0.25, -0.2) is 13.8 Å². The molecule has 0 saturated carbocycles. The first-order chi connectivity index (χ1) is 16.4. The Morgan fingerprint density at radius 3 is 2.53 bits per heavy atom. The number of hydrazone groups is 1. The van der Waals surface area contributed by atoms with Crippen molar-refractivity contribution in [3.8, 4) is 5.75 Å². The number of carbonyl (C=O) groups is 2. The first-order valence-corrected chi connectivity index (χ1v) is 10.7. The van der Waals surface area contributed by atoms with Crippen LogP contribution in [0.2, 0.25) is 0 Å². The molecule has 2 amide bonds. The molecule has 1 heterocycles. The van der Waals surface area contributed by atoms with Crippen LogP contribution >= 0.6 is 0 Å². The first-order valence-electron chi connectivity index (χ1n) is 10.7. The molecule has 0 N–H and O–H groups in total. The summed E-state index contributed by atoms with van der Waals surface area (Å²) in [5, 5.41) is 5.73. The van der Waals surface area contributed by atoms with Crippen molar-refractivity contribution in [2.24, 2.45) is 5.10 Å². The molecule has 0 radical (unpaired) electrons. The van der Waals surface area contributed by atoms with Crippen LogP contribution in [0.4, 0.5) is 8.78 Å².